The Hall–Kier alpha value is -0.910. The summed E-state index contributed by atoms with van der Waals surface area (Å²) < 4.78 is 17.3. The lowest BCUT2D eigenvalue weighted by Crippen LogP contribution is -2.45. The molecule has 20 heavy (non-hydrogen) atoms. The summed E-state index contributed by atoms with van der Waals surface area (Å²) in [4.78, 5) is 11.8. The van der Waals surface area contributed by atoms with Crippen LogP contribution in [0.1, 0.15) is 26.7 Å². The Labute approximate surface area is 116 Å². The minimum absolute atomic E-state index is 0.00436. The van der Waals surface area contributed by atoms with E-state index in [1.54, 1.807) is 0 Å². The molecule has 8 atom stereocenters. The van der Waals surface area contributed by atoms with Crippen LogP contribution in [0.3, 0.4) is 0 Å². The van der Waals surface area contributed by atoms with Crippen molar-refractivity contribution < 1.29 is 24.1 Å². The third-order valence-corrected chi connectivity index (χ3v) is 6.39. The van der Waals surface area contributed by atoms with Gasteiger partial charge in [0, 0.05) is 17.4 Å². The molecule has 0 aromatic carbocycles. The van der Waals surface area contributed by atoms with Crippen LogP contribution in [0.5, 0.6) is 0 Å². The monoisotopic (exact) mass is 278 g/mol. The van der Waals surface area contributed by atoms with Crippen LogP contribution >= 0.6 is 0 Å². The second kappa shape index (κ2) is 2.85. The molecule has 2 saturated carbocycles. The first-order chi connectivity index (χ1) is 9.31. The van der Waals surface area contributed by atoms with E-state index in [-0.39, 0.29) is 41.7 Å². The molecule has 0 radical (unpaired) electrons. The number of hydrogen-bond donors (Lipinski definition) is 1. The number of ether oxygens (including phenoxy) is 3. The Morgan fingerprint density at radius 1 is 1.35 bits per heavy atom. The molecular weight excluding hydrogens is 260 g/mol. The SMILES string of the molecule is C=C1C(=O)OC2CC3C(C)(O)C4OC4C34OC4(C)CC12. The van der Waals surface area contributed by atoms with Gasteiger partial charge in [0.05, 0.1) is 11.2 Å². The molecule has 8 unspecified atom stereocenters. The third kappa shape index (κ3) is 0.983. The number of aliphatic hydroxyl groups is 1. The van der Waals surface area contributed by atoms with Gasteiger partial charge in [-0.2, -0.15) is 0 Å². The first-order valence-electron chi connectivity index (χ1n) is 7.29. The summed E-state index contributed by atoms with van der Waals surface area (Å²) in [6, 6.07) is 0. The summed E-state index contributed by atoms with van der Waals surface area (Å²) >= 11 is 0. The molecule has 0 amide bonds. The molecule has 0 aromatic rings. The fourth-order valence-electron chi connectivity index (χ4n) is 5.26. The quantitative estimate of drug-likeness (QED) is 0.398. The van der Waals surface area contributed by atoms with Crippen LogP contribution in [-0.2, 0) is 19.0 Å². The normalized spacial score (nSPS) is 65.7. The summed E-state index contributed by atoms with van der Waals surface area (Å²) in [5, 5.41) is 10.8. The zero-order chi connectivity index (χ0) is 14.1. The Bertz CT molecular complexity index is 569. The molecule has 108 valence electrons. The molecule has 5 fully saturated rings. The van der Waals surface area contributed by atoms with Gasteiger partial charge in [0.2, 0.25) is 0 Å². The lowest BCUT2D eigenvalue weighted by Gasteiger charge is -2.32. The first kappa shape index (κ1) is 11.7. The summed E-state index contributed by atoms with van der Waals surface area (Å²) in [5.74, 6) is -0.335. The second-order valence-corrected chi connectivity index (χ2v) is 7.40. The Balaban J connectivity index is 1.61. The van der Waals surface area contributed by atoms with Crippen molar-refractivity contribution in [1.29, 1.82) is 0 Å². The van der Waals surface area contributed by atoms with Crippen LogP contribution in [0.25, 0.3) is 0 Å². The van der Waals surface area contributed by atoms with Gasteiger partial charge in [0.1, 0.15) is 23.9 Å². The van der Waals surface area contributed by atoms with Gasteiger partial charge in [-0.25, -0.2) is 4.79 Å². The van der Waals surface area contributed by atoms with E-state index in [0.29, 0.717) is 12.0 Å². The van der Waals surface area contributed by atoms with Crippen molar-refractivity contribution in [3.63, 3.8) is 0 Å². The van der Waals surface area contributed by atoms with Gasteiger partial charge in [-0.1, -0.05) is 6.58 Å². The highest BCUT2D eigenvalue weighted by Gasteiger charge is 2.90. The third-order valence-electron chi connectivity index (χ3n) is 6.39. The average Bonchev–Trinajstić information content (AvgIpc) is 3.20. The molecule has 1 spiro atoms. The molecule has 0 bridgehead atoms. The van der Waals surface area contributed by atoms with E-state index in [9.17, 15) is 9.90 Å². The lowest BCUT2D eigenvalue weighted by molar-refractivity contribution is -0.142. The maximum Gasteiger partial charge on any atom is 0.334 e. The van der Waals surface area contributed by atoms with Gasteiger partial charge in [0.15, 0.2) is 0 Å². The van der Waals surface area contributed by atoms with Crippen LogP contribution in [0.2, 0.25) is 0 Å². The Kier molecular flexibility index (Phi) is 1.67. The molecular formula is C15H18O5. The standard InChI is InChI=1S/C15H18O5/c1-6-7-5-13(2)15(20-13)9(4-8(7)18-12(6)16)14(3,17)10-11(15)19-10/h7-11,17H,1,4-5H2,2-3H3. The van der Waals surface area contributed by atoms with Crippen LogP contribution < -0.4 is 0 Å². The number of carbonyl (C=O) groups excluding carboxylic acids is 1. The van der Waals surface area contributed by atoms with E-state index < -0.39 is 11.2 Å². The van der Waals surface area contributed by atoms with Gasteiger partial charge in [-0.05, 0) is 26.7 Å². The van der Waals surface area contributed by atoms with Crippen molar-refractivity contribution in [2.75, 3.05) is 0 Å². The molecule has 3 saturated heterocycles. The first-order valence-corrected chi connectivity index (χ1v) is 7.29. The number of hydrogen-bond acceptors (Lipinski definition) is 5. The number of carbonyl (C=O) groups is 1. The summed E-state index contributed by atoms with van der Waals surface area (Å²) in [6.07, 6.45) is 1.05. The molecule has 5 heteroatoms. The number of rotatable bonds is 0. The predicted molar refractivity (Wildman–Crippen MR) is 66.7 cm³/mol. The number of fused-ring (bicyclic) bond motifs is 2. The Morgan fingerprint density at radius 3 is 2.85 bits per heavy atom. The van der Waals surface area contributed by atoms with E-state index in [2.05, 4.69) is 13.5 Å². The van der Waals surface area contributed by atoms with Gasteiger partial charge in [-0.15, -0.1) is 0 Å². The van der Waals surface area contributed by atoms with Crippen LogP contribution in [-0.4, -0.2) is 46.2 Å². The number of epoxide rings is 2. The van der Waals surface area contributed by atoms with Gasteiger partial charge in [-0.3, -0.25) is 0 Å². The molecule has 2 aliphatic carbocycles. The summed E-state index contributed by atoms with van der Waals surface area (Å²) in [5.41, 5.74) is -1.09. The van der Waals surface area contributed by atoms with Crippen LogP contribution in [0.15, 0.2) is 12.2 Å². The summed E-state index contributed by atoms with van der Waals surface area (Å²) in [7, 11) is 0. The fraction of sp³-hybridized carbons (Fsp3) is 0.800. The highest BCUT2D eigenvalue weighted by atomic mass is 16.7. The Morgan fingerprint density at radius 2 is 2.10 bits per heavy atom. The molecule has 1 N–H and O–H groups in total. The fourth-order valence-corrected chi connectivity index (χ4v) is 5.26. The molecule has 5 aliphatic rings. The molecule has 3 aliphatic heterocycles. The van der Waals surface area contributed by atoms with Crippen LogP contribution in [0, 0.1) is 11.8 Å². The van der Waals surface area contributed by atoms with Crippen molar-refractivity contribution in [2.45, 2.75) is 61.8 Å². The minimum Gasteiger partial charge on any atom is -0.458 e. The van der Waals surface area contributed by atoms with Gasteiger partial charge >= 0.3 is 5.97 Å². The van der Waals surface area contributed by atoms with Crippen molar-refractivity contribution >= 4 is 5.97 Å². The topological polar surface area (TPSA) is 71.6 Å². The van der Waals surface area contributed by atoms with E-state index in [1.165, 1.54) is 0 Å². The smallest absolute Gasteiger partial charge is 0.334 e. The zero-order valence-electron chi connectivity index (χ0n) is 11.6. The minimum atomic E-state index is -0.909. The number of esters is 1. The van der Waals surface area contributed by atoms with Crippen molar-refractivity contribution in [3.8, 4) is 0 Å². The van der Waals surface area contributed by atoms with E-state index >= 15 is 0 Å². The lowest BCUT2D eigenvalue weighted by atomic mass is 9.78. The van der Waals surface area contributed by atoms with Crippen molar-refractivity contribution in [2.24, 2.45) is 11.8 Å². The van der Waals surface area contributed by atoms with E-state index in [4.69, 9.17) is 14.2 Å². The second-order valence-electron chi connectivity index (χ2n) is 7.40. The molecule has 5 nitrogen and oxygen atoms in total. The zero-order valence-corrected chi connectivity index (χ0v) is 11.6. The van der Waals surface area contributed by atoms with Gasteiger partial charge in [0.25, 0.3) is 0 Å². The average molecular weight is 278 g/mol. The van der Waals surface area contributed by atoms with Crippen molar-refractivity contribution in [3.05, 3.63) is 12.2 Å². The molecule has 0 aromatic heterocycles. The largest absolute Gasteiger partial charge is 0.458 e. The maximum absolute atomic E-state index is 11.8. The van der Waals surface area contributed by atoms with E-state index in [1.807, 2.05) is 6.92 Å². The highest BCUT2D eigenvalue weighted by Crippen LogP contribution is 2.74. The summed E-state index contributed by atoms with van der Waals surface area (Å²) in [6.45, 7) is 7.77. The van der Waals surface area contributed by atoms with Crippen LogP contribution in [0.4, 0.5) is 0 Å². The van der Waals surface area contributed by atoms with Crippen molar-refractivity contribution in [1.82, 2.24) is 0 Å². The maximum atomic E-state index is 11.8. The highest BCUT2D eigenvalue weighted by molar-refractivity contribution is 5.90. The van der Waals surface area contributed by atoms with E-state index in [0.717, 1.165) is 6.42 Å². The van der Waals surface area contributed by atoms with Gasteiger partial charge < -0.3 is 19.3 Å². The molecule has 3 heterocycles. The predicted octanol–water partition coefficient (Wildman–Crippen LogP) is 0.554. The molecule has 5 rings (SSSR count).